The number of pyridine rings is 1. The van der Waals surface area contributed by atoms with Gasteiger partial charge in [-0.15, -0.1) is 0 Å². The minimum absolute atomic E-state index is 0.392. The molecule has 0 saturated carbocycles. The van der Waals surface area contributed by atoms with Crippen LogP contribution in [-0.4, -0.2) is 44.8 Å². The third-order valence-corrected chi connectivity index (χ3v) is 6.05. The molecular formula is C28H37F4NO6. The van der Waals surface area contributed by atoms with Gasteiger partial charge in [0.1, 0.15) is 11.4 Å². The number of aromatic nitrogens is 1. The first kappa shape index (κ1) is 33.8. The number of ether oxygens (including phenoxy) is 1. The minimum Gasteiger partial charge on any atom is -0.473 e. The van der Waals surface area contributed by atoms with Crippen LogP contribution in [0.1, 0.15) is 88.7 Å². The van der Waals surface area contributed by atoms with E-state index in [4.69, 9.17) is 19.8 Å². The topological polar surface area (TPSA) is 117 Å². The van der Waals surface area contributed by atoms with Crippen LogP contribution in [0.15, 0.2) is 48.8 Å². The molecule has 11 heteroatoms. The Morgan fingerprint density at radius 2 is 1.36 bits per heavy atom. The normalized spacial score (nSPS) is 12.8. The fraction of sp³-hybridized carbons (Fsp3) is 0.536. The molecule has 39 heavy (non-hydrogen) atoms. The Hall–Kier alpha value is -3.21. The van der Waals surface area contributed by atoms with E-state index in [1.807, 2.05) is 0 Å². The molecule has 2 rings (SSSR count). The average Bonchev–Trinajstić information content (AvgIpc) is 2.90. The maximum absolute atomic E-state index is 13.2. The van der Waals surface area contributed by atoms with Gasteiger partial charge in [-0.1, -0.05) is 82.9 Å². The van der Waals surface area contributed by atoms with Crippen LogP contribution in [0.5, 0.6) is 5.75 Å². The lowest BCUT2D eigenvalue weighted by Gasteiger charge is -2.29. The first-order chi connectivity index (χ1) is 18.4. The number of alkyl halides is 4. The molecule has 0 spiro atoms. The molecule has 7 nitrogen and oxygen atoms in total. The Morgan fingerprint density at radius 1 is 0.846 bits per heavy atom. The summed E-state index contributed by atoms with van der Waals surface area (Å²) in [4.78, 5) is 22.3. The number of nitrogens with zero attached hydrogens (tertiary/aromatic N) is 1. The third-order valence-electron chi connectivity index (χ3n) is 6.05. The first-order valence-corrected chi connectivity index (χ1v) is 13.0. The highest BCUT2D eigenvalue weighted by molar-refractivity contribution is 6.27. The van der Waals surface area contributed by atoms with E-state index in [1.165, 1.54) is 69.2 Å². The van der Waals surface area contributed by atoms with Crippen molar-refractivity contribution in [3.63, 3.8) is 0 Å². The van der Waals surface area contributed by atoms with Crippen LogP contribution in [0.25, 0.3) is 0 Å². The number of aliphatic hydroxyl groups is 1. The number of carbonyl (C=O) groups is 2. The lowest BCUT2D eigenvalue weighted by atomic mass is 9.82. The molecule has 1 heterocycles. The molecule has 1 aromatic heterocycles. The number of hydrogen-bond acceptors (Lipinski definition) is 5. The van der Waals surface area contributed by atoms with Crippen LogP contribution < -0.4 is 4.74 Å². The van der Waals surface area contributed by atoms with Gasteiger partial charge in [-0.25, -0.2) is 9.59 Å². The van der Waals surface area contributed by atoms with E-state index in [-0.39, 0.29) is 0 Å². The summed E-state index contributed by atoms with van der Waals surface area (Å²) in [6.45, 7) is 2.21. The SMILES string of the molecule is CCCCCCCCCCCCC(O)(c1ccc(OC(F)(F)C(F)F)cc1)c1cccnc1.O=C(O)C(=O)O. The Bertz CT molecular complexity index is 964. The smallest absolute Gasteiger partial charge is 0.461 e. The summed E-state index contributed by atoms with van der Waals surface area (Å²) in [5.74, 6) is -4.04. The molecule has 218 valence electrons. The van der Waals surface area contributed by atoms with Crippen molar-refractivity contribution in [2.45, 2.75) is 95.7 Å². The largest absolute Gasteiger partial charge is 0.473 e. The van der Waals surface area contributed by atoms with Gasteiger partial charge in [-0.3, -0.25) is 4.98 Å². The van der Waals surface area contributed by atoms with E-state index in [0.717, 1.165) is 19.3 Å². The van der Waals surface area contributed by atoms with E-state index < -0.39 is 35.8 Å². The number of carboxylic acid groups (broad SMARTS) is 2. The number of halogens is 4. The van der Waals surface area contributed by atoms with Crippen molar-refractivity contribution in [1.82, 2.24) is 4.98 Å². The lowest BCUT2D eigenvalue weighted by Crippen LogP contribution is -2.33. The highest BCUT2D eigenvalue weighted by Crippen LogP contribution is 2.36. The van der Waals surface area contributed by atoms with Crippen LogP contribution in [-0.2, 0) is 15.2 Å². The Balaban J connectivity index is 0.00000113. The van der Waals surface area contributed by atoms with Gasteiger partial charge in [0.25, 0.3) is 0 Å². The number of hydrogen-bond donors (Lipinski definition) is 3. The molecule has 0 fully saturated rings. The molecule has 0 aliphatic carbocycles. The Morgan fingerprint density at radius 3 is 1.79 bits per heavy atom. The van der Waals surface area contributed by atoms with Crippen LogP contribution in [0, 0.1) is 0 Å². The summed E-state index contributed by atoms with van der Waals surface area (Å²) in [7, 11) is 0. The van der Waals surface area contributed by atoms with Gasteiger partial charge in [0.2, 0.25) is 0 Å². The van der Waals surface area contributed by atoms with Gasteiger partial charge < -0.3 is 20.1 Å². The van der Waals surface area contributed by atoms with E-state index in [2.05, 4.69) is 16.6 Å². The molecule has 0 aliphatic heterocycles. The van der Waals surface area contributed by atoms with Crippen molar-refractivity contribution in [3.8, 4) is 5.75 Å². The van der Waals surface area contributed by atoms with Crippen LogP contribution in [0.4, 0.5) is 17.6 Å². The second kappa shape index (κ2) is 17.4. The molecule has 0 aliphatic rings. The van der Waals surface area contributed by atoms with Gasteiger partial charge >= 0.3 is 24.5 Å². The van der Waals surface area contributed by atoms with Crippen molar-refractivity contribution in [2.24, 2.45) is 0 Å². The van der Waals surface area contributed by atoms with Crippen LogP contribution >= 0.6 is 0 Å². The Kier molecular flexibility index (Phi) is 15.1. The molecule has 2 aromatic rings. The van der Waals surface area contributed by atoms with Crippen molar-refractivity contribution >= 4 is 11.9 Å². The summed E-state index contributed by atoms with van der Waals surface area (Å²) in [6.07, 6.45) is 6.75. The van der Waals surface area contributed by atoms with Crippen molar-refractivity contribution < 1.29 is 47.2 Å². The molecule has 0 amide bonds. The van der Waals surface area contributed by atoms with Gasteiger partial charge in [-0.2, -0.15) is 17.6 Å². The molecule has 3 N–H and O–H groups in total. The fourth-order valence-corrected chi connectivity index (χ4v) is 3.93. The van der Waals surface area contributed by atoms with E-state index in [0.29, 0.717) is 17.5 Å². The lowest BCUT2D eigenvalue weighted by molar-refractivity contribution is -0.253. The zero-order valence-electron chi connectivity index (χ0n) is 22.0. The van der Waals surface area contributed by atoms with E-state index in [9.17, 15) is 22.7 Å². The number of aliphatic carboxylic acids is 2. The average molecular weight is 560 g/mol. The minimum atomic E-state index is -4.57. The summed E-state index contributed by atoms with van der Waals surface area (Å²) in [5.41, 5.74) is -0.301. The number of benzene rings is 1. The summed E-state index contributed by atoms with van der Waals surface area (Å²) >= 11 is 0. The summed E-state index contributed by atoms with van der Waals surface area (Å²) < 4.78 is 55.2. The summed E-state index contributed by atoms with van der Waals surface area (Å²) in [6, 6.07) is 8.69. The van der Waals surface area contributed by atoms with Crippen LogP contribution in [0.2, 0.25) is 0 Å². The Labute approximate surface area is 225 Å². The van der Waals surface area contributed by atoms with Crippen molar-refractivity contribution in [2.75, 3.05) is 0 Å². The first-order valence-electron chi connectivity index (χ1n) is 13.0. The predicted molar refractivity (Wildman–Crippen MR) is 137 cm³/mol. The second-order valence-electron chi connectivity index (χ2n) is 9.13. The van der Waals surface area contributed by atoms with Gasteiger partial charge in [0.15, 0.2) is 0 Å². The number of carboxylic acids is 2. The molecule has 0 radical (unpaired) electrons. The second-order valence-corrected chi connectivity index (χ2v) is 9.13. The molecule has 0 saturated heterocycles. The number of rotatable bonds is 16. The molecule has 1 unspecified atom stereocenters. The van der Waals surface area contributed by atoms with Gasteiger partial charge in [0, 0.05) is 18.0 Å². The maximum atomic E-state index is 13.2. The quantitative estimate of drug-likeness (QED) is 0.115. The molecule has 1 atom stereocenters. The number of unbranched alkanes of at least 4 members (excludes halogenated alkanes) is 9. The van der Waals surface area contributed by atoms with Gasteiger partial charge in [-0.05, 0) is 36.6 Å². The zero-order valence-corrected chi connectivity index (χ0v) is 22.0. The maximum Gasteiger partial charge on any atom is 0.461 e. The predicted octanol–water partition coefficient (Wildman–Crippen LogP) is 7.02. The van der Waals surface area contributed by atoms with Gasteiger partial charge in [0.05, 0.1) is 0 Å². The highest BCUT2D eigenvalue weighted by Gasteiger charge is 2.44. The fourth-order valence-electron chi connectivity index (χ4n) is 3.93. The standard InChI is InChI=1S/C26H35F4NO2.C2H2O4/c1-2-3-4-5-6-7-8-9-10-11-18-25(32,22-13-12-19-31-20-22)21-14-16-23(17-15-21)33-26(29,30)24(27)28;3-1(4)2(5)6/h12-17,19-20,24,32H,2-11,18H2,1H3;(H,3,4)(H,5,6). The van der Waals surface area contributed by atoms with E-state index in [1.54, 1.807) is 24.5 Å². The van der Waals surface area contributed by atoms with E-state index >= 15 is 0 Å². The zero-order chi connectivity index (χ0) is 29.3. The molecule has 0 bridgehead atoms. The highest BCUT2D eigenvalue weighted by atomic mass is 19.3. The van der Waals surface area contributed by atoms with Crippen LogP contribution in [0.3, 0.4) is 0 Å². The summed E-state index contributed by atoms with van der Waals surface area (Å²) in [5, 5.41) is 26.3. The third kappa shape index (κ3) is 12.5. The molecular weight excluding hydrogens is 522 g/mol. The monoisotopic (exact) mass is 559 g/mol. The van der Waals surface area contributed by atoms with Crippen molar-refractivity contribution in [1.29, 1.82) is 0 Å². The molecule has 1 aromatic carbocycles. The van der Waals surface area contributed by atoms with Crippen molar-refractivity contribution in [3.05, 3.63) is 59.9 Å².